The van der Waals surface area contributed by atoms with Crippen molar-refractivity contribution in [2.24, 2.45) is 5.41 Å². The van der Waals surface area contributed by atoms with Crippen molar-refractivity contribution in [3.05, 3.63) is 39.9 Å². The highest BCUT2D eigenvalue weighted by Gasteiger charge is 2.31. The molecule has 1 unspecified atom stereocenters. The molecule has 0 saturated heterocycles. The van der Waals surface area contributed by atoms with Crippen LogP contribution < -0.4 is 5.32 Å². The zero-order valence-corrected chi connectivity index (χ0v) is 12.5. The maximum atomic E-state index is 10.7. The summed E-state index contributed by atoms with van der Waals surface area (Å²) < 4.78 is 0. The predicted molar refractivity (Wildman–Crippen MR) is 82.1 cm³/mol. The second-order valence-electron chi connectivity index (χ2n) is 6.17. The van der Waals surface area contributed by atoms with Crippen molar-refractivity contribution in [1.82, 2.24) is 5.32 Å². The fraction of sp³-hybridized carbons (Fsp3) is 0.625. The smallest absolute Gasteiger partial charge is 0.269 e. The minimum Gasteiger partial charge on any atom is -0.396 e. The molecule has 0 aromatic heterocycles. The van der Waals surface area contributed by atoms with Gasteiger partial charge < -0.3 is 10.4 Å². The second kappa shape index (κ2) is 7.00. The first-order chi connectivity index (χ1) is 10.1. The number of hydrogen-bond donors (Lipinski definition) is 2. The van der Waals surface area contributed by atoms with Crippen molar-refractivity contribution in [3.8, 4) is 0 Å². The summed E-state index contributed by atoms with van der Waals surface area (Å²) in [6.45, 7) is 3.07. The lowest BCUT2D eigenvalue weighted by molar-refractivity contribution is -0.384. The monoisotopic (exact) mass is 292 g/mol. The van der Waals surface area contributed by atoms with Gasteiger partial charge in [0.05, 0.1) is 4.92 Å². The zero-order valence-electron chi connectivity index (χ0n) is 12.5. The third kappa shape index (κ3) is 4.02. The molecule has 0 amide bonds. The fourth-order valence-electron chi connectivity index (χ4n) is 3.06. The van der Waals surface area contributed by atoms with Gasteiger partial charge in [-0.15, -0.1) is 0 Å². The first kappa shape index (κ1) is 15.9. The van der Waals surface area contributed by atoms with Crippen LogP contribution in [0.4, 0.5) is 5.69 Å². The van der Waals surface area contributed by atoms with Crippen LogP contribution >= 0.6 is 0 Å². The van der Waals surface area contributed by atoms with Crippen LogP contribution in [0, 0.1) is 15.5 Å². The molecule has 1 aliphatic carbocycles. The van der Waals surface area contributed by atoms with E-state index in [1.54, 1.807) is 12.1 Å². The standard InChI is InChI=1S/C16H24N2O3/c1-13(14-5-7-15(8-6-14)18(20)21)17-11-16(12-19)9-3-2-4-10-16/h5-8,13,17,19H,2-4,9-12H2,1H3. The number of nitro groups is 1. The minimum absolute atomic E-state index is 0.00723. The van der Waals surface area contributed by atoms with Gasteiger partial charge in [0, 0.05) is 36.7 Å². The Balaban J connectivity index is 1.94. The van der Waals surface area contributed by atoms with E-state index >= 15 is 0 Å². The molecule has 1 aromatic carbocycles. The van der Waals surface area contributed by atoms with Crippen molar-refractivity contribution < 1.29 is 10.0 Å². The van der Waals surface area contributed by atoms with Crippen LogP contribution in [-0.2, 0) is 0 Å². The summed E-state index contributed by atoms with van der Waals surface area (Å²) in [5, 5.41) is 23.8. The number of aliphatic hydroxyl groups excluding tert-OH is 1. The first-order valence-corrected chi connectivity index (χ1v) is 7.65. The van der Waals surface area contributed by atoms with Crippen LogP contribution in [0.2, 0.25) is 0 Å². The van der Waals surface area contributed by atoms with E-state index in [-0.39, 0.29) is 28.7 Å². The Bertz CT molecular complexity index is 467. The Labute approximate surface area is 125 Å². The number of non-ortho nitro benzene ring substituents is 1. The molecule has 5 heteroatoms. The van der Waals surface area contributed by atoms with Gasteiger partial charge in [-0.1, -0.05) is 31.4 Å². The lowest BCUT2D eigenvalue weighted by Crippen LogP contribution is -2.39. The van der Waals surface area contributed by atoms with E-state index in [2.05, 4.69) is 12.2 Å². The maximum absolute atomic E-state index is 10.7. The second-order valence-corrected chi connectivity index (χ2v) is 6.17. The molecule has 1 fully saturated rings. The Morgan fingerprint density at radius 1 is 1.29 bits per heavy atom. The molecule has 5 nitrogen and oxygen atoms in total. The molecule has 1 aromatic rings. The number of nitrogens with one attached hydrogen (secondary N) is 1. The van der Waals surface area contributed by atoms with Gasteiger partial charge in [-0.3, -0.25) is 10.1 Å². The SMILES string of the molecule is CC(NCC1(CO)CCCCC1)c1ccc([N+](=O)[O-])cc1. The number of hydrogen-bond acceptors (Lipinski definition) is 4. The third-order valence-electron chi connectivity index (χ3n) is 4.64. The fourth-order valence-corrected chi connectivity index (χ4v) is 3.06. The van der Waals surface area contributed by atoms with Crippen molar-refractivity contribution in [2.75, 3.05) is 13.2 Å². The highest BCUT2D eigenvalue weighted by molar-refractivity contribution is 5.34. The summed E-state index contributed by atoms with van der Waals surface area (Å²) in [4.78, 5) is 10.3. The quantitative estimate of drug-likeness (QED) is 0.623. The molecule has 1 saturated carbocycles. The molecule has 0 aliphatic heterocycles. The topological polar surface area (TPSA) is 75.4 Å². The van der Waals surface area contributed by atoms with Crippen LogP contribution in [0.25, 0.3) is 0 Å². The van der Waals surface area contributed by atoms with Crippen LogP contribution in [0.15, 0.2) is 24.3 Å². The molecule has 1 atom stereocenters. The molecule has 1 aliphatic rings. The number of rotatable bonds is 6. The Hall–Kier alpha value is -1.46. The molecular formula is C16H24N2O3. The van der Waals surface area contributed by atoms with E-state index < -0.39 is 0 Å². The molecule has 116 valence electrons. The van der Waals surface area contributed by atoms with Crippen molar-refractivity contribution in [2.45, 2.75) is 45.1 Å². The van der Waals surface area contributed by atoms with E-state index in [1.165, 1.54) is 31.4 Å². The highest BCUT2D eigenvalue weighted by atomic mass is 16.6. The van der Waals surface area contributed by atoms with Gasteiger partial charge in [0.1, 0.15) is 0 Å². The van der Waals surface area contributed by atoms with E-state index in [1.807, 2.05) is 0 Å². The molecule has 21 heavy (non-hydrogen) atoms. The van der Waals surface area contributed by atoms with Crippen LogP contribution in [0.1, 0.15) is 50.6 Å². The summed E-state index contributed by atoms with van der Waals surface area (Å²) in [5.74, 6) is 0. The Kier molecular flexibility index (Phi) is 5.31. The van der Waals surface area contributed by atoms with Gasteiger partial charge in [-0.25, -0.2) is 0 Å². The minimum atomic E-state index is -0.384. The highest BCUT2D eigenvalue weighted by Crippen LogP contribution is 2.35. The molecule has 0 radical (unpaired) electrons. The number of nitro benzene ring substituents is 1. The lowest BCUT2D eigenvalue weighted by atomic mass is 9.74. The van der Waals surface area contributed by atoms with E-state index in [4.69, 9.17) is 0 Å². The van der Waals surface area contributed by atoms with Gasteiger partial charge >= 0.3 is 0 Å². The average molecular weight is 292 g/mol. The molecule has 2 rings (SSSR count). The maximum Gasteiger partial charge on any atom is 0.269 e. The largest absolute Gasteiger partial charge is 0.396 e. The average Bonchev–Trinajstić information content (AvgIpc) is 2.53. The number of benzene rings is 1. The normalized spacial score (nSPS) is 19.1. The summed E-state index contributed by atoms with van der Waals surface area (Å²) >= 11 is 0. The lowest BCUT2D eigenvalue weighted by Gasteiger charge is -2.36. The molecular weight excluding hydrogens is 268 g/mol. The van der Waals surface area contributed by atoms with Gasteiger partial charge in [0.15, 0.2) is 0 Å². The Morgan fingerprint density at radius 2 is 1.90 bits per heavy atom. The number of aliphatic hydroxyl groups is 1. The van der Waals surface area contributed by atoms with Gasteiger partial charge in [-0.05, 0) is 25.3 Å². The van der Waals surface area contributed by atoms with Crippen molar-refractivity contribution in [1.29, 1.82) is 0 Å². The van der Waals surface area contributed by atoms with Crippen LogP contribution in [-0.4, -0.2) is 23.2 Å². The first-order valence-electron chi connectivity index (χ1n) is 7.65. The van der Waals surface area contributed by atoms with Crippen molar-refractivity contribution >= 4 is 5.69 Å². The summed E-state index contributed by atoms with van der Waals surface area (Å²) in [6, 6.07) is 6.78. The van der Waals surface area contributed by atoms with Crippen LogP contribution in [0.3, 0.4) is 0 Å². The van der Waals surface area contributed by atoms with E-state index in [9.17, 15) is 15.2 Å². The summed E-state index contributed by atoms with van der Waals surface area (Å²) in [7, 11) is 0. The molecule has 2 N–H and O–H groups in total. The van der Waals surface area contributed by atoms with Gasteiger partial charge in [0.25, 0.3) is 5.69 Å². The van der Waals surface area contributed by atoms with Crippen LogP contribution in [0.5, 0.6) is 0 Å². The van der Waals surface area contributed by atoms with E-state index in [0.29, 0.717) is 0 Å². The van der Waals surface area contributed by atoms with Crippen molar-refractivity contribution in [3.63, 3.8) is 0 Å². The van der Waals surface area contributed by atoms with Gasteiger partial charge in [0.2, 0.25) is 0 Å². The third-order valence-corrected chi connectivity index (χ3v) is 4.64. The molecule has 0 spiro atoms. The zero-order chi connectivity index (χ0) is 15.3. The van der Waals surface area contributed by atoms with E-state index in [0.717, 1.165) is 24.9 Å². The Morgan fingerprint density at radius 3 is 2.43 bits per heavy atom. The summed E-state index contributed by atoms with van der Waals surface area (Å²) in [6.07, 6.45) is 5.79. The predicted octanol–water partition coefficient (Wildman–Crippen LogP) is 3.19. The molecule has 0 heterocycles. The van der Waals surface area contributed by atoms with Gasteiger partial charge in [-0.2, -0.15) is 0 Å². The number of nitrogens with zero attached hydrogens (tertiary/aromatic N) is 1. The molecule has 0 bridgehead atoms. The summed E-state index contributed by atoms with van der Waals surface area (Å²) in [5.41, 5.74) is 1.15.